The van der Waals surface area contributed by atoms with Crippen molar-refractivity contribution in [1.29, 1.82) is 0 Å². The molecule has 4 heterocycles. The largest absolute Gasteiger partial charge is 0.486 e. The minimum atomic E-state index is -0.288. The number of amides is 1. The van der Waals surface area contributed by atoms with Gasteiger partial charge in [-0.1, -0.05) is 0 Å². The number of aromatic nitrogens is 5. The van der Waals surface area contributed by atoms with Gasteiger partial charge in [-0.15, -0.1) is 0 Å². The first-order chi connectivity index (χ1) is 16.6. The lowest BCUT2D eigenvalue weighted by atomic mass is 10.1. The number of nitrogens with one attached hydrogen (secondary N) is 1. The standard InChI is InChI=1S/C26H30N6O3/c1-15(2)31-24-19(14-27-31)18(25(33)29-23-11-16(3)30-32(23)26(4,5)6)13-20(28-24)17-7-8-21-22(12-17)35-10-9-34-21/h7-8,11-15H,9-10H2,1-6H3,(H,29,33). The molecule has 5 rings (SSSR count). The summed E-state index contributed by atoms with van der Waals surface area (Å²) < 4.78 is 15.1. The number of anilines is 1. The van der Waals surface area contributed by atoms with Crippen molar-refractivity contribution in [3.8, 4) is 22.8 Å². The number of hydrogen-bond donors (Lipinski definition) is 1. The van der Waals surface area contributed by atoms with E-state index in [9.17, 15) is 4.79 Å². The molecule has 0 saturated heterocycles. The summed E-state index contributed by atoms with van der Waals surface area (Å²) in [6.07, 6.45) is 1.71. The Morgan fingerprint density at radius 2 is 1.83 bits per heavy atom. The average Bonchev–Trinajstić information content (AvgIpc) is 3.41. The fraction of sp³-hybridized carbons (Fsp3) is 0.385. The summed E-state index contributed by atoms with van der Waals surface area (Å²) in [4.78, 5) is 18.5. The highest BCUT2D eigenvalue weighted by Crippen LogP contribution is 2.35. The van der Waals surface area contributed by atoms with Gasteiger partial charge in [-0.2, -0.15) is 10.2 Å². The van der Waals surface area contributed by atoms with E-state index >= 15 is 0 Å². The van der Waals surface area contributed by atoms with Gasteiger partial charge >= 0.3 is 0 Å². The Morgan fingerprint density at radius 1 is 1.09 bits per heavy atom. The molecule has 9 heteroatoms. The van der Waals surface area contributed by atoms with Crippen molar-refractivity contribution in [1.82, 2.24) is 24.5 Å². The van der Waals surface area contributed by atoms with Gasteiger partial charge in [0.15, 0.2) is 17.1 Å². The minimum Gasteiger partial charge on any atom is -0.486 e. The first kappa shape index (κ1) is 22.9. The van der Waals surface area contributed by atoms with E-state index in [-0.39, 0.29) is 17.5 Å². The summed E-state index contributed by atoms with van der Waals surface area (Å²) in [6.45, 7) is 13.2. The highest BCUT2D eigenvalue weighted by atomic mass is 16.6. The molecule has 0 spiro atoms. The maximum atomic E-state index is 13.7. The Morgan fingerprint density at radius 3 is 2.54 bits per heavy atom. The predicted octanol–water partition coefficient (Wildman–Crippen LogP) is 4.96. The Kier molecular flexibility index (Phi) is 5.50. The third-order valence-corrected chi connectivity index (χ3v) is 5.85. The van der Waals surface area contributed by atoms with Crippen LogP contribution in [0.5, 0.6) is 11.5 Å². The van der Waals surface area contributed by atoms with E-state index in [0.717, 1.165) is 11.3 Å². The number of hydrogen-bond acceptors (Lipinski definition) is 6. The van der Waals surface area contributed by atoms with Crippen LogP contribution in [0.2, 0.25) is 0 Å². The maximum Gasteiger partial charge on any atom is 0.257 e. The lowest BCUT2D eigenvalue weighted by molar-refractivity contribution is 0.102. The normalized spacial score (nSPS) is 13.5. The van der Waals surface area contributed by atoms with Crippen LogP contribution in [0.1, 0.15) is 56.7 Å². The molecule has 0 radical (unpaired) electrons. The van der Waals surface area contributed by atoms with Crippen molar-refractivity contribution in [3.63, 3.8) is 0 Å². The molecule has 182 valence electrons. The van der Waals surface area contributed by atoms with Gasteiger partial charge < -0.3 is 14.8 Å². The second-order valence-electron chi connectivity index (χ2n) is 10.0. The molecule has 1 N–H and O–H groups in total. The van der Waals surface area contributed by atoms with E-state index in [1.54, 1.807) is 12.3 Å². The van der Waals surface area contributed by atoms with Crippen LogP contribution < -0.4 is 14.8 Å². The summed E-state index contributed by atoms with van der Waals surface area (Å²) >= 11 is 0. The average molecular weight is 475 g/mol. The second-order valence-corrected chi connectivity index (χ2v) is 10.0. The molecule has 1 aromatic carbocycles. The number of pyridine rings is 1. The molecular formula is C26H30N6O3. The number of aryl methyl sites for hydroxylation is 1. The van der Waals surface area contributed by atoms with E-state index < -0.39 is 0 Å². The van der Waals surface area contributed by atoms with E-state index in [0.29, 0.717) is 52.8 Å². The number of benzene rings is 1. The van der Waals surface area contributed by atoms with Gasteiger partial charge in [-0.05, 0) is 65.8 Å². The summed E-state index contributed by atoms with van der Waals surface area (Å²) in [6, 6.07) is 9.47. The fourth-order valence-corrected chi connectivity index (χ4v) is 4.22. The third-order valence-electron chi connectivity index (χ3n) is 5.85. The predicted molar refractivity (Wildman–Crippen MR) is 134 cm³/mol. The zero-order chi connectivity index (χ0) is 24.9. The van der Waals surface area contributed by atoms with Gasteiger partial charge in [0.2, 0.25) is 0 Å². The molecule has 9 nitrogen and oxygen atoms in total. The Labute approximate surface area is 204 Å². The molecule has 3 aromatic heterocycles. The van der Waals surface area contributed by atoms with Gasteiger partial charge in [0.25, 0.3) is 5.91 Å². The molecule has 0 unspecified atom stereocenters. The summed E-state index contributed by atoms with van der Waals surface area (Å²) in [7, 11) is 0. The molecule has 1 amide bonds. The fourth-order valence-electron chi connectivity index (χ4n) is 4.22. The van der Waals surface area contributed by atoms with E-state index in [2.05, 4.69) is 15.5 Å². The van der Waals surface area contributed by atoms with Gasteiger partial charge in [-0.25, -0.2) is 14.3 Å². The highest BCUT2D eigenvalue weighted by Gasteiger charge is 2.24. The lowest BCUT2D eigenvalue weighted by Gasteiger charge is -2.22. The quantitative estimate of drug-likeness (QED) is 0.449. The van der Waals surface area contributed by atoms with Gasteiger partial charge in [0.05, 0.1) is 34.1 Å². The van der Waals surface area contributed by atoms with Crippen LogP contribution in [0.3, 0.4) is 0 Å². The number of rotatable bonds is 4. The second kappa shape index (κ2) is 8.41. The van der Waals surface area contributed by atoms with Gasteiger partial charge in [0, 0.05) is 17.7 Å². The van der Waals surface area contributed by atoms with Crippen molar-refractivity contribution < 1.29 is 14.3 Å². The van der Waals surface area contributed by atoms with Crippen molar-refractivity contribution in [2.24, 2.45) is 0 Å². The highest BCUT2D eigenvalue weighted by molar-refractivity contribution is 6.12. The van der Waals surface area contributed by atoms with Crippen molar-refractivity contribution in [3.05, 3.63) is 47.8 Å². The minimum absolute atomic E-state index is 0.0800. The molecule has 1 aliphatic heterocycles. The molecule has 0 bridgehead atoms. The van der Waals surface area contributed by atoms with Crippen LogP contribution in [0.15, 0.2) is 36.5 Å². The number of ether oxygens (including phenoxy) is 2. The lowest BCUT2D eigenvalue weighted by Crippen LogP contribution is -2.27. The summed E-state index contributed by atoms with van der Waals surface area (Å²) in [5, 5.41) is 12.9. The number of fused-ring (bicyclic) bond motifs is 2. The summed E-state index contributed by atoms with van der Waals surface area (Å²) in [5.74, 6) is 1.77. The first-order valence-electron chi connectivity index (χ1n) is 11.8. The van der Waals surface area contributed by atoms with Crippen LogP contribution in [-0.4, -0.2) is 43.7 Å². The van der Waals surface area contributed by atoms with E-state index in [4.69, 9.17) is 14.5 Å². The SMILES string of the molecule is Cc1cc(NC(=O)c2cc(-c3ccc4c(c3)OCCO4)nc3c2cnn3C(C)C)n(C(C)(C)C)n1. The zero-order valence-electron chi connectivity index (χ0n) is 20.9. The van der Waals surface area contributed by atoms with Crippen LogP contribution in [0.4, 0.5) is 5.82 Å². The Hall–Kier alpha value is -3.88. The molecule has 1 aliphatic rings. The van der Waals surface area contributed by atoms with Crippen LogP contribution in [0.25, 0.3) is 22.3 Å². The smallest absolute Gasteiger partial charge is 0.257 e. The first-order valence-corrected chi connectivity index (χ1v) is 11.8. The molecular weight excluding hydrogens is 444 g/mol. The molecule has 0 atom stereocenters. The molecule has 0 fully saturated rings. The van der Waals surface area contributed by atoms with Gasteiger partial charge in [0.1, 0.15) is 19.0 Å². The van der Waals surface area contributed by atoms with Gasteiger partial charge in [-0.3, -0.25) is 4.79 Å². The maximum absolute atomic E-state index is 13.7. The van der Waals surface area contributed by atoms with Crippen molar-refractivity contribution >= 4 is 22.8 Å². The van der Waals surface area contributed by atoms with E-state index in [1.165, 1.54) is 0 Å². The zero-order valence-corrected chi connectivity index (χ0v) is 20.9. The molecule has 0 aliphatic carbocycles. The van der Waals surface area contributed by atoms with E-state index in [1.807, 2.05) is 75.2 Å². The van der Waals surface area contributed by atoms with Crippen molar-refractivity contribution in [2.75, 3.05) is 18.5 Å². The third kappa shape index (κ3) is 4.22. The summed E-state index contributed by atoms with van der Waals surface area (Å²) in [5.41, 5.74) is 3.17. The molecule has 0 saturated carbocycles. The van der Waals surface area contributed by atoms with Crippen LogP contribution in [-0.2, 0) is 5.54 Å². The molecule has 35 heavy (non-hydrogen) atoms. The number of nitrogens with zero attached hydrogens (tertiary/aromatic N) is 5. The topological polar surface area (TPSA) is 96.1 Å². The van der Waals surface area contributed by atoms with Crippen LogP contribution >= 0.6 is 0 Å². The van der Waals surface area contributed by atoms with Crippen LogP contribution in [0, 0.1) is 6.92 Å². The molecule has 4 aromatic rings. The monoisotopic (exact) mass is 474 g/mol. The Balaban J connectivity index is 1.62. The Bertz CT molecular complexity index is 1430. The number of carbonyl (C=O) groups is 1. The number of carbonyl (C=O) groups excluding carboxylic acids is 1. The van der Waals surface area contributed by atoms with Crippen molar-refractivity contribution in [2.45, 2.75) is 53.1 Å².